The molecule has 0 saturated carbocycles. The highest BCUT2D eigenvalue weighted by molar-refractivity contribution is 5.91. The average molecular weight is 370 g/mol. The number of aryl methyl sites for hydroxylation is 1. The molecule has 5 nitrogen and oxygen atoms in total. The van der Waals surface area contributed by atoms with E-state index in [0.717, 1.165) is 46.7 Å². The summed E-state index contributed by atoms with van der Waals surface area (Å²) < 4.78 is 6.11. The van der Waals surface area contributed by atoms with E-state index in [1.54, 1.807) is 6.33 Å². The second kappa shape index (κ2) is 7.96. The van der Waals surface area contributed by atoms with Gasteiger partial charge in [0.1, 0.15) is 23.6 Å². The normalized spacial score (nSPS) is 10.8. The van der Waals surface area contributed by atoms with Crippen LogP contribution in [0.3, 0.4) is 0 Å². The Morgan fingerprint density at radius 3 is 2.75 bits per heavy atom. The van der Waals surface area contributed by atoms with Crippen molar-refractivity contribution in [1.29, 1.82) is 0 Å². The molecule has 5 heteroatoms. The lowest BCUT2D eigenvalue weighted by atomic mass is 10.1. The lowest BCUT2D eigenvalue weighted by Crippen LogP contribution is -2.08. The van der Waals surface area contributed by atoms with Crippen LogP contribution in [-0.4, -0.2) is 16.5 Å². The number of para-hydroxylation sites is 1. The van der Waals surface area contributed by atoms with Crippen molar-refractivity contribution in [3.63, 3.8) is 0 Å². The number of fused-ring (bicyclic) bond motifs is 1. The fourth-order valence-electron chi connectivity index (χ4n) is 3.15. The Kier molecular flexibility index (Phi) is 5.06. The first-order valence-corrected chi connectivity index (χ1v) is 9.25. The van der Waals surface area contributed by atoms with Crippen LogP contribution in [0, 0.1) is 6.92 Å². The first kappa shape index (κ1) is 17.8. The van der Waals surface area contributed by atoms with Crippen LogP contribution in [0.15, 0.2) is 73.1 Å². The van der Waals surface area contributed by atoms with E-state index < -0.39 is 0 Å². The van der Waals surface area contributed by atoms with Gasteiger partial charge in [-0.15, -0.1) is 0 Å². The summed E-state index contributed by atoms with van der Waals surface area (Å²) in [7, 11) is 0. The summed E-state index contributed by atoms with van der Waals surface area (Å²) in [6, 6.07) is 21.8. The van der Waals surface area contributed by atoms with Gasteiger partial charge < -0.3 is 15.8 Å². The summed E-state index contributed by atoms with van der Waals surface area (Å²) in [5.74, 6) is 2.50. The Morgan fingerprint density at radius 2 is 1.86 bits per heavy atom. The fourth-order valence-corrected chi connectivity index (χ4v) is 3.15. The number of benzene rings is 3. The molecule has 0 aliphatic carbocycles. The first-order chi connectivity index (χ1) is 13.7. The highest BCUT2D eigenvalue weighted by atomic mass is 16.5. The molecule has 3 aromatic carbocycles. The summed E-state index contributed by atoms with van der Waals surface area (Å²) >= 11 is 0. The average Bonchev–Trinajstić information content (AvgIpc) is 2.69. The zero-order valence-corrected chi connectivity index (χ0v) is 15.7. The lowest BCUT2D eigenvalue weighted by molar-refractivity contribution is 0.476. The van der Waals surface area contributed by atoms with Crippen LogP contribution in [0.4, 0.5) is 11.5 Å². The summed E-state index contributed by atoms with van der Waals surface area (Å²) in [5.41, 5.74) is 9.79. The summed E-state index contributed by atoms with van der Waals surface area (Å²) in [4.78, 5) is 8.66. The van der Waals surface area contributed by atoms with Crippen LogP contribution >= 0.6 is 0 Å². The first-order valence-electron chi connectivity index (χ1n) is 9.25. The van der Waals surface area contributed by atoms with Crippen molar-refractivity contribution in [2.75, 3.05) is 17.6 Å². The number of nitrogens with zero attached hydrogens (tertiary/aromatic N) is 2. The van der Waals surface area contributed by atoms with Gasteiger partial charge in [0.15, 0.2) is 0 Å². The number of hydrogen-bond acceptors (Lipinski definition) is 5. The monoisotopic (exact) mass is 370 g/mol. The molecule has 0 aliphatic heterocycles. The molecule has 0 saturated heterocycles. The molecule has 0 amide bonds. The summed E-state index contributed by atoms with van der Waals surface area (Å²) in [5, 5.41) is 4.32. The highest BCUT2D eigenvalue weighted by Gasteiger charge is 2.07. The van der Waals surface area contributed by atoms with Crippen molar-refractivity contribution >= 4 is 22.4 Å². The van der Waals surface area contributed by atoms with E-state index in [4.69, 9.17) is 10.5 Å². The van der Waals surface area contributed by atoms with Crippen LogP contribution < -0.4 is 15.8 Å². The number of hydrogen-bond donors (Lipinski definition) is 2. The third-order valence-corrected chi connectivity index (χ3v) is 4.54. The molecule has 140 valence electrons. The van der Waals surface area contributed by atoms with Gasteiger partial charge >= 0.3 is 0 Å². The number of rotatable bonds is 6. The quantitative estimate of drug-likeness (QED) is 0.469. The molecule has 0 fully saturated rings. The Morgan fingerprint density at radius 1 is 0.964 bits per heavy atom. The second-order valence-corrected chi connectivity index (χ2v) is 6.70. The maximum absolute atomic E-state index is 6.11. The number of nitrogens with one attached hydrogen (secondary N) is 1. The van der Waals surface area contributed by atoms with Gasteiger partial charge in [-0.1, -0.05) is 30.3 Å². The summed E-state index contributed by atoms with van der Waals surface area (Å²) in [6.07, 6.45) is 2.37. The number of aromatic nitrogens is 2. The zero-order valence-electron chi connectivity index (χ0n) is 15.7. The molecule has 0 atom stereocenters. The molecule has 4 aromatic rings. The van der Waals surface area contributed by atoms with Crippen LogP contribution in [0.1, 0.15) is 11.1 Å². The molecule has 0 bridgehead atoms. The minimum absolute atomic E-state index is 0.697. The number of anilines is 2. The topological polar surface area (TPSA) is 73.1 Å². The maximum atomic E-state index is 6.11. The standard InChI is InChI=1S/C23H22N4O/c1-16-5-4-7-19(13-16)28-22-8-3-2-6-17(22)11-12-25-23-20-14-18(24)9-10-21(20)26-15-27-23/h2-10,13-15H,11-12,24H2,1H3,(H,25,26,27). The molecule has 0 unspecified atom stereocenters. The Labute approximate surface area is 164 Å². The van der Waals surface area contributed by atoms with Gasteiger partial charge in [-0.2, -0.15) is 0 Å². The van der Waals surface area contributed by atoms with Crippen molar-refractivity contribution in [2.24, 2.45) is 0 Å². The number of ether oxygens (including phenoxy) is 1. The minimum atomic E-state index is 0.697. The Hall–Kier alpha value is -3.60. The second-order valence-electron chi connectivity index (χ2n) is 6.70. The molecule has 1 heterocycles. The van der Waals surface area contributed by atoms with E-state index >= 15 is 0 Å². The smallest absolute Gasteiger partial charge is 0.137 e. The zero-order chi connectivity index (χ0) is 19.3. The third-order valence-electron chi connectivity index (χ3n) is 4.54. The van der Waals surface area contributed by atoms with Gasteiger partial charge in [0.25, 0.3) is 0 Å². The Balaban J connectivity index is 1.48. The van der Waals surface area contributed by atoms with E-state index in [-0.39, 0.29) is 0 Å². The molecular formula is C23H22N4O. The number of nitrogens with two attached hydrogens (primary N) is 1. The van der Waals surface area contributed by atoms with Gasteiger partial charge in [-0.05, 0) is 60.9 Å². The van der Waals surface area contributed by atoms with Gasteiger partial charge in [-0.3, -0.25) is 0 Å². The highest BCUT2D eigenvalue weighted by Crippen LogP contribution is 2.27. The molecule has 3 N–H and O–H groups in total. The van der Waals surface area contributed by atoms with Crippen molar-refractivity contribution < 1.29 is 4.74 Å². The molecule has 4 rings (SSSR count). The predicted octanol–water partition coefficient (Wildman–Crippen LogP) is 4.97. The van der Waals surface area contributed by atoms with Crippen molar-refractivity contribution in [1.82, 2.24) is 9.97 Å². The van der Waals surface area contributed by atoms with Gasteiger partial charge in [0, 0.05) is 17.6 Å². The molecule has 0 aliphatic rings. The lowest BCUT2D eigenvalue weighted by Gasteiger charge is -2.13. The van der Waals surface area contributed by atoms with Crippen molar-refractivity contribution in [2.45, 2.75) is 13.3 Å². The fraction of sp³-hybridized carbons (Fsp3) is 0.130. The van der Waals surface area contributed by atoms with E-state index in [1.807, 2.05) is 54.6 Å². The van der Waals surface area contributed by atoms with Crippen LogP contribution in [-0.2, 0) is 6.42 Å². The number of nitrogen functional groups attached to an aromatic ring is 1. The molecule has 0 radical (unpaired) electrons. The molecule has 28 heavy (non-hydrogen) atoms. The van der Waals surface area contributed by atoms with E-state index in [1.165, 1.54) is 5.56 Å². The van der Waals surface area contributed by atoms with Gasteiger partial charge in [-0.25, -0.2) is 9.97 Å². The molecule has 1 aromatic heterocycles. The van der Waals surface area contributed by atoms with Crippen molar-refractivity contribution in [3.05, 3.63) is 84.2 Å². The van der Waals surface area contributed by atoms with Gasteiger partial charge in [0.05, 0.1) is 5.52 Å². The van der Waals surface area contributed by atoms with E-state index in [2.05, 4.69) is 34.3 Å². The largest absolute Gasteiger partial charge is 0.457 e. The van der Waals surface area contributed by atoms with Crippen LogP contribution in [0.5, 0.6) is 11.5 Å². The molecule has 0 spiro atoms. The van der Waals surface area contributed by atoms with Gasteiger partial charge in [0.2, 0.25) is 0 Å². The van der Waals surface area contributed by atoms with E-state index in [0.29, 0.717) is 5.69 Å². The van der Waals surface area contributed by atoms with Crippen molar-refractivity contribution in [3.8, 4) is 11.5 Å². The predicted molar refractivity (Wildman–Crippen MR) is 114 cm³/mol. The maximum Gasteiger partial charge on any atom is 0.137 e. The van der Waals surface area contributed by atoms with Crippen LogP contribution in [0.25, 0.3) is 10.9 Å². The third kappa shape index (κ3) is 4.04. The Bertz CT molecular complexity index is 1110. The van der Waals surface area contributed by atoms with E-state index in [9.17, 15) is 0 Å². The van der Waals surface area contributed by atoms with Crippen LogP contribution in [0.2, 0.25) is 0 Å². The summed E-state index contributed by atoms with van der Waals surface area (Å²) in [6.45, 7) is 2.77. The SMILES string of the molecule is Cc1cccc(Oc2ccccc2CCNc2ncnc3ccc(N)cc23)c1. The molecular weight excluding hydrogens is 348 g/mol. The minimum Gasteiger partial charge on any atom is -0.457 e.